The number of fused-ring (bicyclic) bond motifs is 1. The van der Waals surface area contributed by atoms with Gasteiger partial charge in [0.15, 0.2) is 11.5 Å². The number of rotatable bonds is 6. The Labute approximate surface area is 195 Å². The Kier molecular flexibility index (Phi) is 7.03. The van der Waals surface area contributed by atoms with E-state index in [0.29, 0.717) is 29.5 Å². The van der Waals surface area contributed by atoms with Gasteiger partial charge in [-0.1, -0.05) is 17.7 Å². The number of hydrogen-bond acceptors (Lipinski definition) is 7. The lowest BCUT2D eigenvalue weighted by Gasteiger charge is -2.34. The first-order valence-electron chi connectivity index (χ1n) is 10.2. The second-order valence-corrected chi connectivity index (χ2v) is 9.66. The normalized spacial score (nSPS) is 18.0. The Morgan fingerprint density at radius 1 is 1.03 bits per heavy atom. The van der Waals surface area contributed by atoms with Crippen LogP contribution in [0.5, 0.6) is 11.5 Å². The molecule has 2 N–H and O–H groups in total. The van der Waals surface area contributed by atoms with Crippen molar-refractivity contribution in [2.75, 3.05) is 26.5 Å². The quantitative estimate of drug-likeness (QED) is 0.578. The molecule has 4 rings (SSSR count). The average molecular weight is 496 g/mol. The predicted octanol–water partition coefficient (Wildman–Crippen LogP) is 1.24. The molecule has 12 heteroatoms. The molecule has 0 aromatic heterocycles. The van der Waals surface area contributed by atoms with Crippen LogP contribution in [0.25, 0.3) is 0 Å². The second kappa shape index (κ2) is 9.96. The number of halogens is 1. The van der Waals surface area contributed by atoms with Gasteiger partial charge in [-0.2, -0.15) is 4.31 Å². The first kappa shape index (κ1) is 23.3. The Bertz CT molecular complexity index is 1140. The number of nitrogens with one attached hydrogen (secondary N) is 2. The van der Waals surface area contributed by atoms with Crippen LogP contribution in [0.3, 0.4) is 0 Å². The van der Waals surface area contributed by atoms with E-state index in [-0.39, 0.29) is 31.3 Å². The van der Waals surface area contributed by atoms with E-state index in [4.69, 9.17) is 25.8 Å². The van der Waals surface area contributed by atoms with Crippen LogP contribution in [0.15, 0.2) is 47.4 Å². The molecule has 0 radical (unpaired) electrons. The first-order valence-corrected chi connectivity index (χ1v) is 12.0. The van der Waals surface area contributed by atoms with Crippen LogP contribution in [0.4, 0.5) is 0 Å². The number of hydrogen-bond donors (Lipinski definition) is 2. The summed E-state index contributed by atoms with van der Waals surface area (Å²) in [5, 5.41) is 5.38. The Morgan fingerprint density at radius 3 is 2.55 bits per heavy atom. The highest BCUT2D eigenvalue weighted by atomic mass is 35.5. The zero-order valence-corrected chi connectivity index (χ0v) is 19.0. The van der Waals surface area contributed by atoms with Crippen LogP contribution in [-0.4, -0.2) is 57.3 Å². The van der Waals surface area contributed by atoms with E-state index < -0.39 is 28.1 Å². The topological polar surface area (TPSA) is 123 Å². The number of amides is 2. The Balaban J connectivity index is 1.33. The van der Waals surface area contributed by atoms with E-state index in [1.165, 1.54) is 28.6 Å². The third-order valence-electron chi connectivity index (χ3n) is 5.11. The SMILES string of the molecule is O=C(NCc1ccc2c(c1)OCO2)C(=O)NC[C@@H]1OCCCN1S(=O)(=O)c1ccc(Cl)cc1. The molecule has 0 aliphatic carbocycles. The summed E-state index contributed by atoms with van der Waals surface area (Å²) in [6.07, 6.45) is -0.433. The van der Waals surface area contributed by atoms with Gasteiger partial charge in [0, 0.05) is 18.1 Å². The van der Waals surface area contributed by atoms with Crippen molar-refractivity contribution in [2.24, 2.45) is 0 Å². The highest BCUT2D eigenvalue weighted by Gasteiger charge is 2.35. The molecule has 10 nitrogen and oxygen atoms in total. The lowest BCUT2D eigenvalue weighted by molar-refractivity contribution is -0.140. The summed E-state index contributed by atoms with van der Waals surface area (Å²) in [5.41, 5.74) is 0.733. The summed E-state index contributed by atoms with van der Waals surface area (Å²) >= 11 is 5.85. The van der Waals surface area contributed by atoms with Gasteiger partial charge >= 0.3 is 11.8 Å². The molecule has 0 bridgehead atoms. The van der Waals surface area contributed by atoms with Gasteiger partial charge in [-0.3, -0.25) is 9.59 Å². The van der Waals surface area contributed by atoms with Gasteiger partial charge in [0.1, 0.15) is 6.23 Å². The summed E-state index contributed by atoms with van der Waals surface area (Å²) in [7, 11) is -3.87. The van der Waals surface area contributed by atoms with E-state index in [1.807, 2.05) is 0 Å². The highest BCUT2D eigenvalue weighted by Crippen LogP contribution is 2.32. The maximum absolute atomic E-state index is 13.0. The van der Waals surface area contributed by atoms with Gasteiger partial charge in [0.05, 0.1) is 18.0 Å². The monoisotopic (exact) mass is 495 g/mol. The van der Waals surface area contributed by atoms with Crippen LogP contribution >= 0.6 is 11.6 Å². The van der Waals surface area contributed by atoms with Crippen LogP contribution in [0.2, 0.25) is 5.02 Å². The van der Waals surface area contributed by atoms with Crippen molar-refractivity contribution in [2.45, 2.75) is 24.1 Å². The summed E-state index contributed by atoms with van der Waals surface area (Å²) < 4.78 is 43.3. The van der Waals surface area contributed by atoms with E-state index >= 15 is 0 Å². The number of sulfonamides is 1. The molecule has 2 aromatic carbocycles. The molecular formula is C21H22ClN3O7S. The van der Waals surface area contributed by atoms with Crippen LogP contribution < -0.4 is 20.1 Å². The fraction of sp³-hybridized carbons (Fsp3) is 0.333. The van der Waals surface area contributed by atoms with Gasteiger partial charge in [0.2, 0.25) is 16.8 Å². The van der Waals surface area contributed by atoms with Crippen molar-refractivity contribution in [3.8, 4) is 11.5 Å². The first-order chi connectivity index (χ1) is 15.8. The molecule has 2 aliphatic rings. The van der Waals surface area contributed by atoms with Gasteiger partial charge in [-0.05, 0) is 48.4 Å². The van der Waals surface area contributed by atoms with Crippen molar-refractivity contribution in [3.63, 3.8) is 0 Å². The molecule has 2 aromatic rings. The summed E-state index contributed by atoms with van der Waals surface area (Å²) in [4.78, 5) is 24.5. The van der Waals surface area contributed by atoms with Crippen LogP contribution in [-0.2, 0) is 30.9 Å². The maximum atomic E-state index is 13.0. The smallest absolute Gasteiger partial charge is 0.309 e. The largest absolute Gasteiger partial charge is 0.454 e. The lowest BCUT2D eigenvalue weighted by atomic mass is 10.2. The molecule has 176 valence electrons. The minimum absolute atomic E-state index is 0.0650. The van der Waals surface area contributed by atoms with Gasteiger partial charge < -0.3 is 24.8 Å². The van der Waals surface area contributed by atoms with Crippen molar-refractivity contribution < 1.29 is 32.2 Å². The van der Waals surface area contributed by atoms with Gasteiger partial charge in [0.25, 0.3) is 0 Å². The van der Waals surface area contributed by atoms with Crippen molar-refractivity contribution in [1.82, 2.24) is 14.9 Å². The van der Waals surface area contributed by atoms with Crippen molar-refractivity contribution >= 4 is 33.4 Å². The molecule has 1 atom stereocenters. The van der Waals surface area contributed by atoms with E-state index in [2.05, 4.69) is 10.6 Å². The number of carbonyl (C=O) groups is 2. The van der Waals surface area contributed by atoms with Crippen LogP contribution in [0.1, 0.15) is 12.0 Å². The molecule has 0 unspecified atom stereocenters. The molecular weight excluding hydrogens is 474 g/mol. The zero-order chi connectivity index (χ0) is 23.4. The molecule has 0 saturated carbocycles. The molecule has 2 heterocycles. The predicted molar refractivity (Wildman–Crippen MR) is 117 cm³/mol. The molecule has 2 aliphatic heterocycles. The Morgan fingerprint density at radius 2 is 1.76 bits per heavy atom. The fourth-order valence-corrected chi connectivity index (χ4v) is 5.11. The number of benzene rings is 2. The number of carbonyl (C=O) groups excluding carboxylic acids is 2. The maximum Gasteiger partial charge on any atom is 0.309 e. The molecule has 2 amide bonds. The second-order valence-electron chi connectivity index (χ2n) is 7.33. The van der Waals surface area contributed by atoms with Crippen LogP contribution in [0, 0.1) is 0 Å². The molecule has 0 spiro atoms. The third kappa shape index (κ3) is 5.38. The zero-order valence-electron chi connectivity index (χ0n) is 17.5. The van der Waals surface area contributed by atoms with Gasteiger partial charge in [-0.15, -0.1) is 0 Å². The molecule has 1 fully saturated rings. The minimum atomic E-state index is -3.87. The number of nitrogens with zero attached hydrogens (tertiary/aromatic N) is 1. The van der Waals surface area contributed by atoms with E-state index in [0.717, 1.165) is 5.56 Å². The fourth-order valence-electron chi connectivity index (χ4n) is 3.42. The standard InChI is InChI=1S/C21H22ClN3O7S/c22-15-3-5-16(6-4-15)33(28,29)25-8-1-9-30-19(25)12-24-21(27)20(26)23-11-14-2-7-17-18(10-14)32-13-31-17/h2-7,10,19H,1,8-9,11-13H2,(H,23,26)(H,24,27)/t19-/m0/s1. The Hall–Kier alpha value is -2.86. The highest BCUT2D eigenvalue weighted by molar-refractivity contribution is 7.89. The summed E-state index contributed by atoms with van der Waals surface area (Å²) in [6, 6.07) is 11.0. The summed E-state index contributed by atoms with van der Waals surface area (Å²) in [5.74, 6) is -0.555. The lowest BCUT2D eigenvalue weighted by Crippen LogP contribution is -2.53. The van der Waals surface area contributed by atoms with Crippen molar-refractivity contribution in [1.29, 1.82) is 0 Å². The van der Waals surface area contributed by atoms with Gasteiger partial charge in [-0.25, -0.2) is 8.42 Å². The van der Waals surface area contributed by atoms with E-state index in [1.54, 1.807) is 18.2 Å². The number of ether oxygens (including phenoxy) is 3. The molecule has 33 heavy (non-hydrogen) atoms. The third-order valence-corrected chi connectivity index (χ3v) is 7.26. The van der Waals surface area contributed by atoms with Crippen molar-refractivity contribution in [3.05, 3.63) is 53.1 Å². The molecule has 1 saturated heterocycles. The average Bonchev–Trinajstić information content (AvgIpc) is 3.29. The summed E-state index contributed by atoms with van der Waals surface area (Å²) in [6.45, 7) is 0.635. The minimum Gasteiger partial charge on any atom is -0.454 e. The van der Waals surface area contributed by atoms with E-state index in [9.17, 15) is 18.0 Å².